The normalized spacial score (nSPS) is 21.8. The molecule has 2 atom stereocenters. The first kappa shape index (κ1) is 21.5. The summed E-state index contributed by atoms with van der Waals surface area (Å²) in [6.07, 6.45) is 0. The highest BCUT2D eigenvalue weighted by Crippen LogP contribution is 2.39. The minimum absolute atomic E-state index is 0.0128. The van der Waals surface area contributed by atoms with Crippen molar-refractivity contribution in [1.82, 2.24) is 9.80 Å². The number of ketones is 2. The van der Waals surface area contributed by atoms with Crippen molar-refractivity contribution in [2.45, 2.75) is 6.04 Å². The lowest BCUT2D eigenvalue weighted by molar-refractivity contribution is -0.141. The number of amides is 1. The fraction of sp³-hybridized carbons (Fsp3) is 0.320. The molecule has 5 rings (SSSR count). The van der Waals surface area contributed by atoms with Gasteiger partial charge in [0.2, 0.25) is 11.6 Å². The summed E-state index contributed by atoms with van der Waals surface area (Å²) in [5.74, 6) is -3.89. The molecule has 3 aromatic rings. The smallest absolute Gasteiger partial charge is 0.291 e. The predicted molar refractivity (Wildman–Crippen MR) is 117 cm³/mol. The van der Waals surface area contributed by atoms with E-state index in [9.17, 15) is 18.8 Å². The van der Waals surface area contributed by atoms with E-state index in [1.54, 1.807) is 30.3 Å². The van der Waals surface area contributed by atoms with Crippen LogP contribution in [-0.4, -0.2) is 66.7 Å². The van der Waals surface area contributed by atoms with Crippen LogP contribution < -0.4 is 0 Å². The molecule has 0 aliphatic carbocycles. The van der Waals surface area contributed by atoms with Crippen LogP contribution in [0.15, 0.2) is 59.0 Å². The zero-order chi connectivity index (χ0) is 22.9. The molecule has 0 radical (unpaired) electrons. The zero-order valence-electron chi connectivity index (χ0n) is 17.9. The van der Waals surface area contributed by atoms with Gasteiger partial charge in [0.25, 0.3) is 5.91 Å². The third kappa shape index (κ3) is 4.07. The fourth-order valence-electron chi connectivity index (χ4n) is 4.62. The van der Waals surface area contributed by atoms with Crippen LogP contribution >= 0.6 is 0 Å². The maximum Gasteiger partial charge on any atom is 0.291 e. The van der Waals surface area contributed by atoms with E-state index in [1.165, 1.54) is 23.1 Å². The van der Waals surface area contributed by atoms with E-state index in [-0.39, 0.29) is 12.3 Å². The average Bonchev–Trinajstić information content (AvgIpc) is 3.37. The maximum absolute atomic E-state index is 14.1. The van der Waals surface area contributed by atoms with Gasteiger partial charge in [-0.15, -0.1) is 0 Å². The first-order valence-electron chi connectivity index (χ1n) is 11.0. The Labute approximate surface area is 189 Å². The number of fused-ring (bicyclic) bond motifs is 1. The summed E-state index contributed by atoms with van der Waals surface area (Å²) in [5, 5.41) is 0.726. The van der Waals surface area contributed by atoms with Gasteiger partial charge in [-0.1, -0.05) is 30.3 Å². The van der Waals surface area contributed by atoms with Crippen molar-refractivity contribution >= 4 is 28.4 Å². The number of morpholine rings is 1. The van der Waals surface area contributed by atoms with Crippen LogP contribution in [0.4, 0.5) is 4.39 Å². The molecule has 0 spiro atoms. The number of likely N-dealkylation sites (tertiary alicyclic amines) is 1. The highest BCUT2D eigenvalue weighted by atomic mass is 19.1. The molecule has 170 valence electrons. The predicted octanol–water partition coefficient (Wildman–Crippen LogP) is 2.86. The van der Waals surface area contributed by atoms with E-state index in [4.69, 9.17) is 9.15 Å². The number of rotatable bonds is 6. The molecule has 2 aromatic carbocycles. The first-order valence-corrected chi connectivity index (χ1v) is 11.0. The lowest BCUT2D eigenvalue weighted by Crippen LogP contribution is -2.42. The van der Waals surface area contributed by atoms with E-state index in [0.717, 1.165) is 18.5 Å². The van der Waals surface area contributed by atoms with Crippen LogP contribution in [-0.2, 0) is 14.3 Å². The number of carbonyl (C=O) groups excluding carboxylic acids is 3. The minimum atomic E-state index is -1.30. The minimum Gasteiger partial charge on any atom is -0.453 e. The van der Waals surface area contributed by atoms with Gasteiger partial charge in [0, 0.05) is 31.6 Å². The third-order valence-electron chi connectivity index (χ3n) is 6.31. The summed E-state index contributed by atoms with van der Waals surface area (Å²) >= 11 is 0. The second-order valence-corrected chi connectivity index (χ2v) is 8.31. The number of hydrogen-bond donors (Lipinski definition) is 0. The highest BCUT2D eigenvalue weighted by Gasteiger charge is 2.52. The number of Topliss-reactive ketones (excluding diaryl/α,β-unsaturated/α-hetero) is 2. The molecule has 2 aliphatic heterocycles. The van der Waals surface area contributed by atoms with E-state index >= 15 is 0 Å². The van der Waals surface area contributed by atoms with Gasteiger partial charge in [-0.25, -0.2) is 4.39 Å². The Kier molecular flexibility index (Phi) is 5.78. The third-order valence-corrected chi connectivity index (χ3v) is 6.31. The number of nitrogens with zero attached hydrogens (tertiary/aromatic N) is 2. The monoisotopic (exact) mass is 450 g/mol. The Hall–Kier alpha value is -3.36. The lowest BCUT2D eigenvalue weighted by Gasteiger charge is -2.31. The van der Waals surface area contributed by atoms with Crippen molar-refractivity contribution < 1.29 is 27.9 Å². The van der Waals surface area contributed by atoms with Crippen molar-refractivity contribution in [3.63, 3.8) is 0 Å². The van der Waals surface area contributed by atoms with Gasteiger partial charge in [-0.05, 0) is 29.8 Å². The van der Waals surface area contributed by atoms with Crippen LogP contribution in [0.2, 0.25) is 0 Å². The molecule has 33 heavy (non-hydrogen) atoms. The standard InChI is InChI=1S/C25H23FN2O5/c26-18-6-3-5-17(14-18)22-21(23(29)20-15-16-4-1-2-7-19(16)33-20)24(30)25(31)28(22)9-8-27-10-12-32-13-11-27/h1-7,14-15,21-22H,8-13H2. The Bertz CT molecular complexity index is 1180. The topological polar surface area (TPSA) is 80.1 Å². The molecule has 2 aliphatic rings. The molecule has 2 fully saturated rings. The molecule has 0 N–H and O–H groups in total. The van der Waals surface area contributed by atoms with Crippen LogP contribution in [0.1, 0.15) is 22.2 Å². The van der Waals surface area contributed by atoms with E-state index in [1.807, 2.05) is 6.07 Å². The van der Waals surface area contributed by atoms with Gasteiger partial charge >= 0.3 is 0 Å². The molecule has 2 saturated heterocycles. The lowest BCUT2D eigenvalue weighted by atomic mass is 9.88. The first-order chi connectivity index (χ1) is 16.0. The molecule has 0 bridgehead atoms. The second-order valence-electron chi connectivity index (χ2n) is 8.31. The quantitative estimate of drug-likeness (QED) is 0.326. The van der Waals surface area contributed by atoms with E-state index in [0.29, 0.717) is 30.9 Å². The number of carbonyl (C=O) groups is 3. The Morgan fingerprint density at radius 3 is 2.55 bits per heavy atom. The van der Waals surface area contributed by atoms with Gasteiger partial charge in [0.05, 0.1) is 19.3 Å². The molecule has 7 nitrogen and oxygen atoms in total. The summed E-state index contributed by atoms with van der Waals surface area (Å²) in [5.41, 5.74) is 0.926. The summed E-state index contributed by atoms with van der Waals surface area (Å²) in [7, 11) is 0. The largest absolute Gasteiger partial charge is 0.453 e. The van der Waals surface area contributed by atoms with Crippen LogP contribution in [0, 0.1) is 11.7 Å². The van der Waals surface area contributed by atoms with Gasteiger partial charge in [-0.3, -0.25) is 19.3 Å². The van der Waals surface area contributed by atoms with Gasteiger partial charge in [0.15, 0.2) is 5.76 Å². The van der Waals surface area contributed by atoms with Crippen molar-refractivity contribution in [2.75, 3.05) is 39.4 Å². The molecular weight excluding hydrogens is 427 g/mol. The number of halogens is 1. The highest BCUT2D eigenvalue weighted by molar-refractivity contribution is 6.43. The zero-order valence-corrected chi connectivity index (χ0v) is 17.9. The van der Waals surface area contributed by atoms with Crippen molar-refractivity contribution in [2.24, 2.45) is 5.92 Å². The summed E-state index contributed by atoms with van der Waals surface area (Å²) < 4.78 is 25.2. The average molecular weight is 450 g/mol. The number of furan rings is 1. The second kappa shape index (κ2) is 8.88. The Morgan fingerprint density at radius 2 is 1.79 bits per heavy atom. The van der Waals surface area contributed by atoms with Crippen LogP contribution in [0.3, 0.4) is 0 Å². The number of ether oxygens (including phenoxy) is 1. The number of benzene rings is 2. The Morgan fingerprint density at radius 1 is 1.00 bits per heavy atom. The van der Waals surface area contributed by atoms with Crippen molar-refractivity contribution in [1.29, 1.82) is 0 Å². The molecular formula is C25H23FN2O5. The molecule has 0 saturated carbocycles. The SMILES string of the molecule is O=C1C(=O)N(CCN2CCOCC2)C(c2cccc(F)c2)C1C(=O)c1cc2ccccc2o1. The maximum atomic E-state index is 14.1. The Balaban J connectivity index is 1.49. The van der Waals surface area contributed by atoms with E-state index in [2.05, 4.69) is 4.90 Å². The van der Waals surface area contributed by atoms with Crippen LogP contribution in [0.25, 0.3) is 11.0 Å². The molecule has 8 heteroatoms. The molecule has 3 heterocycles. The summed E-state index contributed by atoms with van der Waals surface area (Å²) in [6.45, 7) is 3.43. The number of para-hydroxylation sites is 1. The van der Waals surface area contributed by atoms with Gasteiger partial charge < -0.3 is 14.1 Å². The van der Waals surface area contributed by atoms with E-state index < -0.39 is 35.3 Å². The molecule has 2 unspecified atom stereocenters. The van der Waals surface area contributed by atoms with Crippen molar-refractivity contribution in [3.8, 4) is 0 Å². The summed E-state index contributed by atoms with van der Waals surface area (Å²) in [6, 6.07) is 13.5. The summed E-state index contributed by atoms with van der Waals surface area (Å²) in [4.78, 5) is 43.1. The molecule has 1 aromatic heterocycles. The van der Waals surface area contributed by atoms with Crippen molar-refractivity contribution in [3.05, 3.63) is 71.7 Å². The van der Waals surface area contributed by atoms with Gasteiger partial charge in [0.1, 0.15) is 17.3 Å². The van der Waals surface area contributed by atoms with Gasteiger partial charge in [-0.2, -0.15) is 0 Å². The number of hydrogen-bond acceptors (Lipinski definition) is 6. The van der Waals surface area contributed by atoms with Crippen LogP contribution in [0.5, 0.6) is 0 Å². The fourth-order valence-corrected chi connectivity index (χ4v) is 4.62. The molecule has 1 amide bonds.